The zero-order valence-electron chi connectivity index (χ0n) is 18.6. The minimum Gasteiger partial charge on any atom is -0.444 e. The number of ether oxygens (including phenoxy) is 1. The molecule has 2 aliphatic rings. The number of carbonyl (C=O) groups is 1. The molecule has 0 N–H and O–H groups in total. The molecule has 0 bridgehead atoms. The first-order valence-electron chi connectivity index (χ1n) is 10.9. The number of amides is 1. The van der Waals surface area contributed by atoms with Gasteiger partial charge in [0.15, 0.2) is 0 Å². The third-order valence-corrected chi connectivity index (χ3v) is 5.99. The Morgan fingerprint density at radius 1 is 1.10 bits per heavy atom. The zero-order chi connectivity index (χ0) is 21.2. The van der Waals surface area contributed by atoms with Gasteiger partial charge in [-0.05, 0) is 64.7 Å². The van der Waals surface area contributed by atoms with Crippen LogP contribution in [-0.2, 0) is 4.74 Å². The average molecular weight is 406 g/mol. The Labute approximate surface area is 174 Å². The van der Waals surface area contributed by atoms with Crippen LogP contribution in [0.1, 0.15) is 57.7 Å². The maximum atomic E-state index is 13.5. The molecule has 5 nitrogen and oxygen atoms in total. The van der Waals surface area contributed by atoms with Crippen LogP contribution in [0.2, 0.25) is 0 Å². The van der Waals surface area contributed by atoms with Crippen molar-refractivity contribution >= 4 is 11.8 Å². The number of piperidine rings is 1. The van der Waals surface area contributed by atoms with Crippen LogP contribution in [0.5, 0.6) is 0 Å². The van der Waals surface area contributed by atoms with Gasteiger partial charge in [-0.25, -0.2) is 9.18 Å². The van der Waals surface area contributed by atoms with Crippen LogP contribution in [0.3, 0.4) is 0 Å². The number of aryl methyl sites for hydroxylation is 1. The smallest absolute Gasteiger partial charge is 0.410 e. The predicted octanol–water partition coefficient (Wildman–Crippen LogP) is 4.55. The molecule has 1 aromatic rings. The highest BCUT2D eigenvalue weighted by Crippen LogP contribution is 2.30. The number of piperazine rings is 1. The molecule has 3 rings (SSSR count). The molecule has 0 aliphatic carbocycles. The minimum atomic E-state index is -0.657. The van der Waals surface area contributed by atoms with Crippen molar-refractivity contribution in [1.29, 1.82) is 0 Å². The van der Waals surface area contributed by atoms with Crippen LogP contribution in [0.4, 0.5) is 14.9 Å². The number of halogens is 1. The quantitative estimate of drug-likeness (QED) is 0.739. The maximum absolute atomic E-state index is 13.5. The van der Waals surface area contributed by atoms with E-state index in [-0.39, 0.29) is 12.1 Å². The summed E-state index contributed by atoms with van der Waals surface area (Å²) in [5.41, 5.74) is 3.29. The van der Waals surface area contributed by atoms with Gasteiger partial charge in [-0.15, -0.1) is 0 Å². The maximum Gasteiger partial charge on any atom is 0.410 e. The lowest BCUT2D eigenvalue weighted by Crippen LogP contribution is -2.50. The number of alkyl halides is 1. The summed E-state index contributed by atoms with van der Waals surface area (Å²) in [7, 11) is 0. The predicted molar refractivity (Wildman–Crippen MR) is 115 cm³/mol. The van der Waals surface area contributed by atoms with Gasteiger partial charge in [0.1, 0.15) is 11.8 Å². The van der Waals surface area contributed by atoms with Crippen LogP contribution >= 0.6 is 0 Å². The summed E-state index contributed by atoms with van der Waals surface area (Å²) in [4.78, 5) is 18.8. The SMILES string of the molecule is Cc1ccc(C(C)N2CCN(C(=O)OC(C)(C)C)CC2)cc1N1CCC(F)CC1. The van der Waals surface area contributed by atoms with E-state index in [1.807, 2.05) is 20.8 Å². The third kappa shape index (κ3) is 5.62. The van der Waals surface area contributed by atoms with Gasteiger partial charge in [0.05, 0.1) is 0 Å². The fourth-order valence-corrected chi connectivity index (χ4v) is 4.14. The molecular formula is C23H36FN3O2. The van der Waals surface area contributed by atoms with Gasteiger partial charge in [0.2, 0.25) is 0 Å². The molecule has 29 heavy (non-hydrogen) atoms. The van der Waals surface area contributed by atoms with E-state index in [1.165, 1.54) is 16.8 Å². The first-order valence-corrected chi connectivity index (χ1v) is 10.9. The monoisotopic (exact) mass is 405 g/mol. The van der Waals surface area contributed by atoms with Gasteiger partial charge in [0.25, 0.3) is 0 Å². The topological polar surface area (TPSA) is 36.0 Å². The molecule has 0 saturated carbocycles. The molecule has 1 aromatic carbocycles. The van der Waals surface area contributed by atoms with Crippen molar-refractivity contribution in [2.24, 2.45) is 0 Å². The Balaban J connectivity index is 1.62. The molecule has 2 fully saturated rings. The van der Waals surface area contributed by atoms with Gasteiger partial charge >= 0.3 is 6.09 Å². The second-order valence-corrected chi connectivity index (χ2v) is 9.39. The second-order valence-electron chi connectivity index (χ2n) is 9.39. The van der Waals surface area contributed by atoms with E-state index in [4.69, 9.17) is 4.74 Å². The van der Waals surface area contributed by atoms with E-state index in [0.717, 1.165) is 26.2 Å². The van der Waals surface area contributed by atoms with Crippen molar-refractivity contribution in [1.82, 2.24) is 9.80 Å². The van der Waals surface area contributed by atoms with Crippen molar-refractivity contribution in [3.63, 3.8) is 0 Å². The molecule has 0 aromatic heterocycles. The Hall–Kier alpha value is -1.82. The number of nitrogens with zero attached hydrogens (tertiary/aromatic N) is 3. The number of rotatable bonds is 3. The molecule has 162 valence electrons. The van der Waals surface area contributed by atoms with E-state index in [0.29, 0.717) is 25.9 Å². The number of anilines is 1. The lowest BCUT2D eigenvalue weighted by molar-refractivity contribution is 0.0110. The van der Waals surface area contributed by atoms with Crippen molar-refractivity contribution in [3.05, 3.63) is 29.3 Å². The van der Waals surface area contributed by atoms with Gasteiger partial charge in [-0.2, -0.15) is 0 Å². The van der Waals surface area contributed by atoms with Crippen molar-refractivity contribution < 1.29 is 13.9 Å². The molecule has 1 unspecified atom stereocenters. The summed E-state index contributed by atoms with van der Waals surface area (Å²) in [5, 5.41) is 0. The number of benzene rings is 1. The van der Waals surface area contributed by atoms with E-state index in [1.54, 1.807) is 4.90 Å². The first kappa shape index (κ1) is 21.9. The van der Waals surface area contributed by atoms with E-state index in [2.05, 4.69) is 41.8 Å². The van der Waals surface area contributed by atoms with Crippen molar-refractivity contribution in [3.8, 4) is 0 Å². The molecule has 2 heterocycles. The standard InChI is InChI=1S/C23H36FN3O2/c1-17-6-7-19(16-21(17)26-10-8-20(24)9-11-26)18(2)25-12-14-27(15-13-25)22(28)29-23(3,4)5/h6-7,16,18,20H,8-15H2,1-5H3. The summed E-state index contributed by atoms with van der Waals surface area (Å²) < 4.78 is 19.0. The summed E-state index contributed by atoms with van der Waals surface area (Å²) in [6.45, 7) is 14.6. The van der Waals surface area contributed by atoms with E-state index in [9.17, 15) is 9.18 Å². The normalized spacial score (nSPS) is 20.6. The molecular weight excluding hydrogens is 369 g/mol. The highest BCUT2D eigenvalue weighted by atomic mass is 19.1. The third-order valence-electron chi connectivity index (χ3n) is 5.99. The first-order chi connectivity index (χ1) is 13.6. The van der Waals surface area contributed by atoms with Gasteiger partial charge in [-0.3, -0.25) is 4.90 Å². The van der Waals surface area contributed by atoms with Gasteiger partial charge < -0.3 is 14.5 Å². The molecule has 6 heteroatoms. The molecule has 1 amide bonds. The van der Waals surface area contributed by atoms with Crippen molar-refractivity contribution in [2.45, 2.75) is 65.3 Å². The van der Waals surface area contributed by atoms with Crippen molar-refractivity contribution in [2.75, 3.05) is 44.2 Å². The fraction of sp³-hybridized carbons (Fsp3) is 0.696. The van der Waals surface area contributed by atoms with E-state index < -0.39 is 11.8 Å². The summed E-state index contributed by atoms with van der Waals surface area (Å²) in [5.74, 6) is 0. The molecule has 1 atom stereocenters. The lowest BCUT2D eigenvalue weighted by atomic mass is 10.0. The average Bonchev–Trinajstić information content (AvgIpc) is 2.67. The minimum absolute atomic E-state index is 0.223. The fourth-order valence-electron chi connectivity index (χ4n) is 4.14. The highest BCUT2D eigenvalue weighted by Gasteiger charge is 2.28. The van der Waals surface area contributed by atoms with Crippen LogP contribution in [0.25, 0.3) is 0 Å². The Kier molecular flexibility index (Phi) is 6.72. The molecule has 0 radical (unpaired) electrons. The van der Waals surface area contributed by atoms with Gasteiger partial charge in [0, 0.05) is 51.0 Å². The van der Waals surface area contributed by atoms with Crippen LogP contribution < -0.4 is 4.90 Å². The highest BCUT2D eigenvalue weighted by molar-refractivity contribution is 5.68. The summed E-state index contributed by atoms with van der Waals surface area (Å²) >= 11 is 0. The number of hydrogen-bond donors (Lipinski definition) is 0. The summed E-state index contributed by atoms with van der Waals surface area (Å²) in [6, 6.07) is 6.93. The molecule has 0 spiro atoms. The second kappa shape index (κ2) is 8.90. The van der Waals surface area contributed by atoms with Crippen LogP contribution in [-0.4, -0.2) is 66.9 Å². The van der Waals surface area contributed by atoms with Gasteiger partial charge in [-0.1, -0.05) is 12.1 Å². The molecule has 2 aliphatic heterocycles. The largest absolute Gasteiger partial charge is 0.444 e. The lowest BCUT2D eigenvalue weighted by Gasteiger charge is -2.39. The zero-order valence-corrected chi connectivity index (χ0v) is 18.6. The van der Waals surface area contributed by atoms with Crippen LogP contribution in [0, 0.1) is 6.92 Å². The number of carbonyl (C=O) groups excluding carboxylic acids is 1. The summed E-state index contributed by atoms with van der Waals surface area (Å²) in [6.07, 6.45) is 0.353. The van der Waals surface area contributed by atoms with E-state index >= 15 is 0 Å². The Bertz CT molecular complexity index is 703. The molecule has 2 saturated heterocycles. The Morgan fingerprint density at radius 3 is 2.31 bits per heavy atom. The Morgan fingerprint density at radius 2 is 1.72 bits per heavy atom. The van der Waals surface area contributed by atoms with Crippen LogP contribution in [0.15, 0.2) is 18.2 Å². The number of hydrogen-bond acceptors (Lipinski definition) is 4.